The number of methoxy groups -OCH3 is 1. The van der Waals surface area contributed by atoms with E-state index < -0.39 is 0 Å². The Bertz CT molecular complexity index is 724. The molecule has 1 aromatic heterocycles. The van der Waals surface area contributed by atoms with Crippen molar-refractivity contribution in [2.75, 3.05) is 26.8 Å². The second-order valence-electron chi connectivity index (χ2n) is 6.42. The molecule has 1 aliphatic rings. The second kappa shape index (κ2) is 8.01. The van der Waals surface area contributed by atoms with Crippen LogP contribution in [0.1, 0.15) is 28.8 Å². The summed E-state index contributed by atoms with van der Waals surface area (Å²) in [6, 6.07) is 9.23. The first-order valence-electron chi connectivity index (χ1n) is 8.64. The van der Waals surface area contributed by atoms with Crippen LogP contribution in [0.15, 0.2) is 42.7 Å². The number of carbonyl (C=O) groups excluding carboxylic acids is 1. The van der Waals surface area contributed by atoms with E-state index in [-0.39, 0.29) is 5.91 Å². The molecule has 5 nitrogen and oxygen atoms in total. The molecule has 0 radical (unpaired) electrons. The molecule has 0 saturated carbocycles. The van der Waals surface area contributed by atoms with Crippen molar-refractivity contribution in [3.05, 3.63) is 53.9 Å². The Hall–Kier alpha value is -2.56. The van der Waals surface area contributed by atoms with Crippen LogP contribution in [0.25, 0.3) is 0 Å². The van der Waals surface area contributed by atoms with Gasteiger partial charge in [0.1, 0.15) is 11.5 Å². The summed E-state index contributed by atoms with van der Waals surface area (Å²) in [5, 5.41) is 0. The largest absolute Gasteiger partial charge is 0.497 e. The molecule has 0 atom stereocenters. The molecular formula is C20H24N2O3. The number of ether oxygens (including phenoxy) is 2. The lowest BCUT2D eigenvalue weighted by Crippen LogP contribution is -2.39. The number of likely N-dealkylation sites (tertiary alicyclic amines) is 1. The average Bonchev–Trinajstić information content (AvgIpc) is 2.67. The zero-order valence-corrected chi connectivity index (χ0v) is 14.8. The van der Waals surface area contributed by atoms with Gasteiger partial charge in [-0.1, -0.05) is 6.07 Å². The van der Waals surface area contributed by atoms with Crippen molar-refractivity contribution in [2.45, 2.75) is 19.8 Å². The van der Waals surface area contributed by atoms with Gasteiger partial charge in [-0.25, -0.2) is 0 Å². The van der Waals surface area contributed by atoms with Crippen LogP contribution in [0.5, 0.6) is 11.5 Å². The minimum Gasteiger partial charge on any atom is -0.497 e. The second-order valence-corrected chi connectivity index (χ2v) is 6.42. The Labute approximate surface area is 148 Å². The van der Waals surface area contributed by atoms with Crippen molar-refractivity contribution in [1.29, 1.82) is 0 Å². The maximum atomic E-state index is 12.6. The van der Waals surface area contributed by atoms with E-state index in [2.05, 4.69) is 4.98 Å². The SMILES string of the molecule is COc1cccc(C(=O)N2CCC(COc3ccncc3C)CC2)c1. The number of carbonyl (C=O) groups is 1. The van der Waals surface area contributed by atoms with Gasteiger partial charge in [-0.2, -0.15) is 0 Å². The fraction of sp³-hybridized carbons (Fsp3) is 0.400. The van der Waals surface area contributed by atoms with Gasteiger partial charge in [-0.15, -0.1) is 0 Å². The van der Waals surface area contributed by atoms with Gasteiger partial charge in [0, 0.05) is 36.6 Å². The number of benzene rings is 1. The van der Waals surface area contributed by atoms with Crippen molar-refractivity contribution >= 4 is 5.91 Å². The number of pyridine rings is 1. The zero-order valence-electron chi connectivity index (χ0n) is 14.8. The topological polar surface area (TPSA) is 51.7 Å². The summed E-state index contributed by atoms with van der Waals surface area (Å²) >= 11 is 0. The molecule has 1 aliphatic heterocycles. The highest BCUT2D eigenvalue weighted by atomic mass is 16.5. The Morgan fingerprint density at radius 2 is 2.08 bits per heavy atom. The van der Waals surface area contributed by atoms with Gasteiger partial charge in [0.05, 0.1) is 13.7 Å². The number of aromatic nitrogens is 1. The molecular weight excluding hydrogens is 316 g/mol. The quantitative estimate of drug-likeness (QED) is 0.838. The van der Waals surface area contributed by atoms with Crippen LogP contribution in [0.2, 0.25) is 0 Å². The Kier molecular flexibility index (Phi) is 5.53. The van der Waals surface area contributed by atoms with Crippen molar-refractivity contribution in [3.8, 4) is 11.5 Å². The van der Waals surface area contributed by atoms with Gasteiger partial charge < -0.3 is 14.4 Å². The van der Waals surface area contributed by atoms with Crippen LogP contribution in [-0.2, 0) is 0 Å². The minimum absolute atomic E-state index is 0.0725. The van der Waals surface area contributed by atoms with Crippen LogP contribution in [0, 0.1) is 12.8 Å². The van der Waals surface area contributed by atoms with E-state index in [0.29, 0.717) is 23.8 Å². The molecule has 0 bridgehead atoms. The molecule has 5 heteroatoms. The molecule has 1 amide bonds. The summed E-state index contributed by atoms with van der Waals surface area (Å²) < 4.78 is 11.1. The van der Waals surface area contributed by atoms with Crippen LogP contribution in [-0.4, -0.2) is 42.6 Å². The summed E-state index contributed by atoms with van der Waals surface area (Å²) in [7, 11) is 1.61. The van der Waals surface area contributed by atoms with Gasteiger partial charge in [-0.3, -0.25) is 9.78 Å². The van der Waals surface area contributed by atoms with E-state index in [4.69, 9.17) is 9.47 Å². The number of nitrogens with zero attached hydrogens (tertiary/aromatic N) is 2. The van der Waals surface area contributed by atoms with Gasteiger partial charge in [0.15, 0.2) is 0 Å². The zero-order chi connectivity index (χ0) is 17.6. The van der Waals surface area contributed by atoms with Gasteiger partial charge >= 0.3 is 0 Å². The van der Waals surface area contributed by atoms with Crippen molar-refractivity contribution in [1.82, 2.24) is 9.88 Å². The molecule has 1 saturated heterocycles. The Morgan fingerprint density at radius 3 is 2.80 bits per heavy atom. The molecule has 0 unspecified atom stereocenters. The van der Waals surface area contributed by atoms with Gasteiger partial charge in [-0.05, 0) is 49.9 Å². The Balaban J connectivity index is 1.51. The first-order valence-corrected chi connectivity index (χ1v) is 8.64. The third-order valence-corrected chi connectivity index (χ3v) is 4.66. The first-order chi connectivity index (χ1) is 12.2. The highest BCUT2D eigenvalue weighted by molar-refractivity contribution is 5.94. The highest BCUT2D eigenvalue weighted by Crippen LogP contribution is 2.23. The van der Waals surface area contributed by atoms with Crippen molar-refractivity contribution in [3.63, 3.8) is 0 Å². The number of hydrogen-bond acceptors (Lipinski definition) is 4. The molecule has 25 heavy (non-hydrogen) atoms. The summed E-state index contributed by atoms with van der Waals surface area (Å²) in [5.74, 6) is 2.15. The molecule has 0 spiro atoms. The van der Waals surface area contributed by atoms with E-state index in [1.54, 1.807) is 19.4 Å². The molecule has 0 N–H and O–H groups in total. The lowest BCUT2D eigenvalue weighted by Gasteiger charge is -2.32. The molecule has 132 valence electrons. The lowest BCUT2D eigenvalue weighted by atomic mass is 9.97. The highest BCUT2D eigenvalue weighted by Gasteiger charge is 2.24. The number of amides is 1. The smallest absolute Gasteiger partial charge is 0.253 e. The van der Waals surface area contributed by atoms with Crippen molar-refractivity contribution in [2.24, 2.45) is 5.92 Å². The first kappa shape index (κ1) is 17.3. The van der Waals surface area contributed by atoms with Crippen LogP contribution < -0.4 is 9.47 Å². The monoisotopic (exact) mass is 340 g/mol. The number of aryl methyl sites for hydroxylation is 1. The molecule has 3 rings (SSSR count). The van der Waals surface area contributed by atoms with Crippen LogP contribution in [0.3, 0.4) is 0 Å². The maximum Gasteiger partial charge on any atom is 0.253 e. The molecule has 2 heterocycles. The number of rotatable bonds is 5. The maximum absolute atomic E-state index is 12.6. The molecule has 0 aliphatic carbocycles. The summed E-state index contributed by atoms with van der Waals surface area (Å²) in [6.07, 6.45) is 5.47. The van der Waals surface area contributed by atoms with E-state index in [1.807, 2.05) is 42.3 Å². The lowest BCUT2D eigenvalue weighted by molar-refractivity contribution is 0.0660. The summed E-state index contributed by atoms with van der Waals surface area (Å²) in [5.41, 5.74) is 1.73. The normalized spacial score (nSPS) is 15.0. The number of hydrogen-bond donors (Lipinski definition) is 0. The molecule has 1 fully saturated rings. The van der Waals surface area contributed by atoms with Gasteiger partial charge in [0.2, 0.25) is 0 Å². The van der Waals surface area contributed by atoms with E-state index in [9.17, 15) is 4.79 Å². The average molecular weight is 340 g/mol. The molecule has 2 aromatic rings. The minimum atomic E-state index is 0.0725. The fourth-order valence-corrected chi connectivity index (χ4v) is 3.07. The third kappa shape index (κ3) is 4.29. The number of piperidine rings is 1. The van der Waals surface area contributed by atoms with Crippen LogP contribution in [0.4, 0.5) is 0 Å². The van der Waals surface area contributed by atoms with E-state index in [0.717, 1.165) is 37.2 Å². The predicted molar refractivity (Wildman–Crippen MR) is 96.1 cm³/mol. The fourth-order valence-electron chi connectivity index (χ4n) is 3.07. The standard InChI is InChI=1S/C20H24N2O3/c1-15-13-21-9-6-19(15)25-14-16-7-10-22(11-8-16)20(23)17-4-3-5-18(12-17)24-2/h3-6,9,12-13,16H,7-8,10-11,14H2,1-2H3. The van der Waals surface area contributed by atoms with Crippen LogP contribution >= 0.6 is 0 Å². The third-order valence-electron chi connectivity index (χ3n) is 4.66. The van der Waals surface area contributed by atoms with Gasteiger partial charge in [0.25, 0.3) is 5.91 Å². The summed E-state index contributed by atoms with van der Waals surface area (Å²) in [4.78, 5) is 18.6. The van der Waals surface area contributed by atoms with E-state index >= 15 is 0 Å². The van der Waals surface area contributed by atoms with E-state index in [1.165, 1.54) is 0 Å². The molecule has 1 aromatic carbocycles. The summed E-state index contributed by atoms with van der Waals surface area (Å²) in [6.45, 7) is 4.21. The predicted octanol–water partition coefficient (Wildman–Crippen LogP) is 3.33. The van der Waals surface area contributed by atoms with Crippen molar-refractivity contribution < 1.29 is 14.3 Å². The Morgan fingerprint density at radius 1 is 1.28 bits per heavy atom.